The van der Waals surface area contributed by atoms with Crippen LogP contribution in [-0.2, 0) is 14.4 Å². The number of amides is 3. The van der Waals surface area contributed by atoms with Crippen LogP contribution in [0, 0.1) is 5.92 Å². The van der Waals surface area contributed by atoms with E-state index in [-0.39, 0.29) is 30.2 Å². The molecule has 0 unspecified atom stereocenters. The largest absolute Gasteiger partial charge is 0.492 e. The fraction of sp³-hybridized carbons (Fsp3) is 0.500. The van der Waals surface area contributed by atoms with Gasteiger partial charge in [0.15, 0.2) is 0 Å². The summed E-state index contributed by atoms with van der Waals surface area (Å²) in [6, 6.07) is 7.17. The molecule has 3 rings (SSSR count). The average Bonchev–Trinajstić information content (AvgIpc) is 3.11. The number of rotatable bonds is 5. The molecule has 2 saturated heterocycles. The summed E-state index contributed by atoms with van der Waals surface area (Å²) in [4.78, 5) is 39.7. The number of hydrogen-bond donors (Lipinski definition) is 1. The fourth-order valence-electron chi connectivity index (χ4n) is 3.35. The van der Waals surface area contributed by atoms with Gasteiger partial charge in [-0.2, -0.15) is 0 Å². The summed E-state index contributed by atoms with van der Waals surface area (Å²) >= 11 is 0. The van der Waals surface area contributed by atoms with E-state index in [1.807, 2.05) is 31.2 Å². The lowest BCUT2D eigenvalue weighted by atomic mass is 10.1. The maximum absolute atomic E-state index is 12.5. The second-order valence-electron chi connectivity index (χ2n) is 6.49. The van der Waals surface area contributed by atoms with E-state index in [2.05, 4.69) is 5.32 Å². The molecule has 134 valence electrons. The van der Waals surface area contributed by atoms with E-state index in [1.165, 1.54) is 0 Å². The van der Waals surface area contributed by atoms with Crippen molar-refractivity contribution in [2.45, 2.75) is 25.8 Å². The van der Waals surface area contributed by atoms with Crippen molar-refractivity contribution in [3.63, 3.8) is 0 Å². The van der Waals surface area contributed by atoms with Crippen molar-refractivity contribution < 1.29 is 19.1 Å². The third-order valence-electron chi connectivity index (χ3n) is 4.64. The van der Waals surface area contributed by atoms with Crippen molar-refractivity contribution in [3.8, 4) is 5.75 Å². The van der Waals surface area contributed by atoms with Gasteiger partial charge in [-0.25, -0.2) is 0 Å². The zero-order chi connectivity index (χ0) is 18.0. The molecule has 7 heteroatoms. The lowest BCUT2D eigenvalue weighted by Crippen LogP contribution is -2.41. The summed E-state index contributed by atoms with van der Waals surface area (Å²) in [7, 11) is 1.72. The highest BCUT2D eigenvalue weighted by Gasteiger charge is 2.38. The Kier molecular flexibility index (Phi) is 4.92. The first-order valence-corrected chi connectivity index (χ1v) is 8.56. The van der Waals surface area contributed by atoms with Gasteiger partial charge in [0.2, 0.25) is 17.7 Å². The first kappa shape index (κ1) is 17.3. The lowest BCUT2D eigenvalue weighted by Gasteiger charge is -2.20. The van der Waals surface area contributed by atoms with Crippen molar-refractivity contribution in [2.24, 2.45) is 5.92 Å². The molecular weight excluding hydrogens is 322 g/mol. The van der Waals surface area contributed by atoms with Crippen molar-refractivity contribution in [1.82, 2.24) is 10.2 Å². The topological polar surface area (TPSA) is 79.0 Å². The van der Waals surface area contributed by atoms with E-state index >= 15 is 0 Å². The van der Waals surface area contributed by atoms with Crippen LogP contribution in [0.1, 0.15) is 19.8 Å². The third-order valence-corrected chi connectivity index (χ3v) is 4.64. The average molecular weight is 345 g/mol. The Morgan fingerprint density at radius 2 is 1.96 bits per heavy atom. The summed E-state index contributed by atoms with van der Waals surface area (Å²) in [5, 5.41) is 2.90. The highest BCUT2D eigenvalue weighted by atomic mass is 16.5. The summed E-state index contributed by atoms with van der Waals surface area (Å²) in [5.41, 5.74) is 0.695. The first-order chi connectivity index (χ1) is 12.0. The van der Waals surface area contributed by atoms with E-state index < -0.39 is 5.92 Å². The number of carbonyl (C=O) groups excluding carboxylic acids is 3. The van der Waals surface area contributed by atoms with Crippen LogP contribution in [0.15, 0.2) is 24.3 Å². The second kappa shape index (κ2) is 7.13. The van der Waals surface area contributed by atoms with Gasteiger partial charge in [-0.15, -0.1) is 0 Å². The van der Waals surface area contributed by atoms with Crippen LogP contribution in [0.4, 0.5) is 5.69 Å². The van der Waals surface area contributed by atoms with E-state index in [4.69, 9.17) is 4.74 Å². The number of likely N-dealkylation sites (tertiary alicyclic amines) is 1. The molecule has 2 heterocycles. The standard InChI is InChI=1S/C18H23N3O4/c1-3-25-15-7-5-4-6-14(15)21-10-12(8-17(21)23)18(24)19-13-9-16(22)20(2)11-13/h4-7,12-13H,3,8-11H2,1-2H3,(H,19,24)/t12-,13+/m0/s1. The maximum atomic E-state index is 12.5. The normalized spacial score (nSPS) is 23.3. The fourth-order valence-corrected chi connectivity index (χ4v) is 3.35. The molecule has 3 amide bonds. The Bertz CT molecular complexity index is 691. The highest BCUT2D eigenvalue weighted by molar-refractivity contribution is 6.01. The first-order valence-electron chi connectivity index (χ1n) is 8.56. The van der Waals surface area contributed by atoms with Gasteiger partial charge in [0.05, 0.1) is 24.3 Å². The monoisotopic (exact) mass is 345 g/mol. The maximum Gasteiger partial charge on any atom is 0.227 e. The van der Waals surface area contributed by atoms with Gasteiger partial charge in [0.25, 0.3) is 0 Å². The molecule has 1 aromatic rings. The Morgan fingerprint density at radius 1 is 1.20 bits per heavy atom. The van der Waals surface area contributed by atoms with Crippen molar-refractivity contribution >= 4 is 23.4 Å². The van der Waals surface area contributed by atoms with E-state index in [1.54, 1.807) is 16.8 Å². The Labute approximate surface area is 146 Å². The van der Waals surface area contributed by atoms with Gasteiger partial charge in [-0.05, 0) is 19.1 Å². The molecule has 2 atom stereocenters. The zero-order valence-electron chi connectivity index (χ0n) is 14.5. The number of ether oxygens (including phenoxy) is 1. The summed E-state index contributed by atoms with van der Waals surface area (Å²) in [6.07, 6.45) is 0.489. The molecule has 2 aliphatic rings. The summed E-state index contributed by atoms with van der Waals surface area (Å²) < 4.78 is 5.59. The van der Waals surface area contributed by atoms with E-state index in [0.29, 0.717) is 37.6 Å². The molecule has 0 radical (unpaired) electrons. The predicted octanol–water partition coefficient (Wildman–Crippen LogP) is 0.785. The number of anilines is 1. The van der Waals surface area contributed by atoms with Gasteiger partial charge in [0, 0.05) is 33.0 Å². The quantitative estimate of drug-likeness (QED) is 0.856. The molecule has 2 fully saturated rings. The molecular formula is C18H23N3O4. The van der Waals surface area contributed by atoms with Crippen molar-refractivity contribution in [3.05, 3.63) is 24.3 Å². The minimum Gasteiger partial charge on any atom is -0.492 e. The van der Waals surface area contributed by atoms with Crippen LogP contribution in [0.3, 0.4) is 0 Å². The van der Waals surface area contributed by atoms with Crippen LogP contribution >= 0.6 is 0 Å². The number of carbonyl (C=O) groups is 3. The van der Waals surface area contributed by atoms with Gasteiger partial charge >= 0.3 is 0 Å². The van der Waals surface area contributed by atoms with Crippen LogP contribution in [-0.4, -0.2) is 55.4 Å². The van der Waals surface area contributed by atoms with Gasteiger partial charge < -0.3 is 19.9 Å². The van der Waals surface area contributed by atoms with Crippen LogP contribution in [0.25, 0.3) is 0 Å². The Balaban J connectivity index is 1.66. The van der Waals surface area contributed by atoms with Gasteiger partial charge in [-0.1, -0.05) is 12.1 Å². The number of hydrogen-bond acceptors (Lipinski definition) is 4. The molecule has 0 aromatic heterocycles. The lowest BCUT2D eigenvalue weighted by molar-refractivity contribution is -0.127. The van der Waals surface area contributed by atoms with Crippen molar-refractivity contribution in [2.75, 3.05) is 31.6 Å². The smallest absolute Gasteiger partial charge is 0.227 e. The molecule has 0 spiro atoms. The minimum absolute atomic E-state index is 0.0278. The number of likely N-dealkylation sites (N-methyl/N-ethyl adjacent to an activating group) is 1. The highest BCUT2D eigenvalue weighted by Crippen LogP contribution is 2.33. The van der Waals surface area contributed by atoms with Gasteiger partial charge in [-0.3, -0.25) is 14.4 Å². The molecule has 0 bridgehead atoms. The van der Waals surface area contributed by atoms with Crippen LogP contribution < -0.4 is 15.0 Å². The third kappa shape index (κ3) is 3.60. The second-order valence-corrected chi connectivity index (χ2v) is 6.49. The predicted molar refractivity (Wildman–Crippen MR) is 92.3 cm³/mol. The van der Waals surface area contributed by atoms with Crippen LogP contribution in [0.5, 0.6) is 5.75 Å². The van der Waals surface area contributed by atoms with E-state index in [9.17, 15) is 14.4 Å². The van der Waals surface area contributed by atoms with E-state index in [0.717, 1.165) is 0 Å². The molecule has 1 aromatic carbocycles. The SMILES string of the molecule is CCOc1ccccc1N1C[C@@H](C(=O)N[C@@H]2CC(=O)N(C)C2)CC1=O. The number of benzene rings is 1. The Morgan fingerprint density at radius 3 is 2.64 bits per heavy atom. The summed E-state index contributed by atoms with van der Waals surface area (Å²) in [5.74, 6) is -0.00422. The molecule has 7 nitrogen and oxygen atoms in total. The molecule has 25 heavy (non-hydrogen) atoms. The summed E-state index contributed by atoms with van der Waals surface area (Å²) in [6.45, 7) is 3.23. The molecule has 2 aliphatic heterocycles. The number of para-hydroxylation sites is 2. The van der Waals surface area contributed by atoms with Crippen molar-refractivity contribution in [1.29, 1.82) is 0 Å². The van der Waals surface area contributed by atoms with Crippen LogP contribution in [0.2, 0.25) is 0 Å². The molecule has 1 N–H and O–H groups in total. The minimum atomic E-state index is -0.414. The zero-order valence-corrected chi connectivity index (χ0v) is 14.5. The number of nitrogens with one attached hydrogen (secondary N) is 1. The number of nitrogens with zero attached hydrogens (tertiary/aromatic N) is 2. The molecule has 0 saturated carbocycles. The molecule has 0 aliphatic carbocycles. The Hall–Kier alpha value is -2.57. The van der Waals surface area contributed by atoms with Gasteiger partial charge in [0.1, 0.15) is 5.75 Å².